The minimum Gasteiger partial charge on any atom is -0.493 e. The van der Waals surface area contributed by atoms with Gasteiger partial charge in [-0.15, -0.1) is 0 Å². The van der Waals surface area contributed by atoms with E-state index in [1.165, 1.54) is 5.56 Å². The Kier molecular flexibility index (Phi) is 6.71. The van der Waals surface area contributed by atoms with Gasteiger partial charge in [-0.3, -0.25) is 4.79 Å². The number of hydrogen-bond donors (Lipinski definition) is 1. The van der Waals surface area contributed by atoms with Gasteiger partial charge in [-0.1, -0.05) is 30.3 Å². The van der Waals surface area contributed by atoms with E-state index >= 15 is 0 Å². The molecular formula is C22H27NO4. The second kappa shape index (κ2) is 9.42. The zero-order valence-corrected chi connectivity index (χ0v) is 15.7. The average molecular weight is 369 g/mol. The third-order valence-corrected chi connectivity index (χ3v) is 4.82. The molecule has 0 saturated carbocycles. The van der Waals surface area contributed by atoms with E-state index in [2.05, 4.69) is 12.1 Å². The quantitative estimate of drug-likeness (QED) is 0.723. The smallest absolute Gasteiger partial charge is 0.306 e. The highest BCUT2D eigenvalue weighted by atomic mass is 16.5. The number of nitrogens with two attached hydrogens (primary N) is 1. The van der Waals surface area contributed by atoms with Crippen molar-refractivity contribution in [3.8, 4) is 11.5 Å². The molecule has 0 fully saturated rings. The number of hydrogen-bond acceptors (Lipinski definition) is 5. The van der Waals surface area contributed by atoms with Crippen molar-refractivity contribution in [1.29, 1.82) is 0 Å². The molecule has 2 N–H and O–H groups in total. The maximum absolute atomic E-state index is 12.1. The summed E-state index contributed by atoms with van der Waals surface area (Å²) in [7, 11) is 0. The molecule has 5 heteroatoms. The van der Waals surface area contributed by atoms with Crippen LogP contribution < -0.4 is 15.2 Å². The third-order valence-electron chi connectivity index (χ3n) is 4.82. The summed E-state index contributed by atoms with van der Waals surface area (Å²) >= 11 is 0. The Labute approximate surface area is 160 Å². The van der Waals surface area contributed by atoms with Crippen LogP contribution in [-0.2, 0) is 16.0 Å². The molecule has 5 nitrogen and oxygen atoms in total. The highest BCUT2D eigenvalue weighted by Crippen LogP contribution is 2.42. The lowest BCUT2D eigenvalue weighted by atomic mass is 9.78. The minimum absolute atomic E-state index is 0.0570. The average Bonchev–Trinajstić information content (AvgIpc) is 2.69. The number of rotatable bonds is 8. The zero-order chi connectivity index (χ0) is 19.1. The molecule has 0 aliphatic carbocycles. The highest BCUT2D eigenvalue weighted by molar-refractivity contribution is 5.70. The van der Waals surface area contributed by atoms with Crippen molar-refractivity contribution >= 4 is 5.97 Å². The van der Waals surface area contributed by atoms with Crippen molar-refractivity contribution in [2.75, 3.05) is 26.4 Å². The van der Waals surface area contributed by atoms with Crippen LogP contribution in [0.2, 0.25) is 0 Å². The van der Waals surface area contributed by atoms with Gasteiger partial charge in [-0.05, 0) is 43.0 Å². The predicted octanol–water partition coefficient (Wildman–Crippen LogP) is 3.31. The Morgan fingerprint density at radius 2 is 2.04 bits per heavy atom. The van der Waals surface area contributed by atoms with Gasteiger partial charge in [0.15, 0.2) is 0 Å². The molecule has 0 saturated heterocycles. The molecule has 0 bridgehead atoms. The molecule has 2 aromatic rings. The summed E-state index contributed by atoms with van der Waals surface area (Å²) in [6.07, 6.45) is 1.18. The fourth-order valence-corrected chi connectivity index (χ4v) is 3.56. The Balaban J connectivity index is 1.89. The Hall–Kier alpha value is -2.53. The first kappa shape index (κ1) is 19.2. The maximum atomic E-state index is 12.1. The molecule has 3 rings (SSSR count). The first-order chi connectivity index (χ1) is 13.2. The molecule has 2 aromatic carbocycles. The van der Waals surface area contributed by atoms with Crippen LogP contribution in [0.4, 0.5) is 0 Å². The minimum atomic E-state index is -0.178. The molecule has 0 radical (unpaired) electrons. The summed E-state index contributed by atoms with van der Waals surface area (Å²) in [6.45, 7) is 3.66. The van der Waals surface area contributed by atoms with Crippen LogP contribution in [0.5, 0.6) is 11.5 Å². The summed E-state index contributed by atoms with van der Waals surface area (Å²) in [4.78, 5) is 12.1. The molecule has 1 heterocycles. The van der Waals surface area contributed by atoms with Gasteiger partial charge in [0.2, 0.25) is 0 Å². The zero-order valence-electron chi connectivity index (χ0n) is 15.7. The number of ether oxygens (including phenoxy) is 3. The largest absolute Gasteiger partial charge is 0.493 e. The van der Waals surface area contributed by atoms with Gasteiger partial charge in [0.05, 0.1) is 19.6 Å². The van der Waals surface area contributed by atoms with Gasteiger partial charge in [-0.2, -0.15) is 0 Å². The summed E-state index contributed by atoms with van der Waals surface area (Å²) in [5.74, 6) is 1.67. The van der Waals surface area contributed by atoms with E-state index in [4.69, 9.17) is 19.9 Å². The molecular weight excluding hydrogens is 342 g/mol. The van der Waals surface area contributed by atoms with Crippen LogP contribution in [-0.4, -0.2) is 32.3 Å². The van der Waals surface area contributed by atoms with E-state index in [0.717, 1.165) is 23.5 Å². The standard InChI is InChI=1S/C22H27NO4/c1-2-25-22(24)13-17-15-27-21-9-8-18(26-11-10-23)14-20(21)19(17)12-16-6-4-3-5-7-16/h3-9,14,17,19H,2,10-13,15,23H2,1H3. The van der Waals surface area contributed by atoms with Crippen LogP contribution >= 0.6 is 0 Å². The summed E-state index contributed by atoms with van der Waals surface area (Å²) < 4.78 is 16.8. The normalized spacial score (nSPS) is 18.3. The highest BCUT2D eigenvalue weighted by Gasteiger charge is 2.33. The van der Waals surface area contributed by atoms with Crippen LogP contribution in [0.25, 0.3) is 0 Å². The van der Waals surface area contributed by atoms with E-state index in [1.54, 1.807) is 0 Å². The SMILES string of the molecule is CCOC(=O)CC1COc2ccc(OCCN)cc2C1Cc1ccccc1. The van der Waals surface area contributed by atoms with Gasteiger partial charge in [0.1, 0.15) is 18.1 Å². The van der Waals surface area contributed by atoms with Crippen molar-refractivity contribution < 1.29 is 19.0 Å². The maximum Gasteiger partial charge on any atom is 0.306 e. The van der Waals surface area contributed by atoms with Crippen LogP contribution in [0, 0.1) is 5.92 Å². The fraction of sp³-hybridized carbons (Fsp3) is 0.409. The van der Waals surface area contributed by atoms with E-state index in [1.807, 2.05) is 43.3 Å². The van der Waals surface area contributed by atoms with E-state index in [-0.39, 0.29) is 17.8 Å². The molecule has 0 aromatic heterocycles. The van der Waals surface area contributed by atoms with Crippen molar-refractivity contribution in [3.05, 3.63) is 59.7 Å². The van der Waals surface area contributed by atoms with E-state index in [9.17, 15) is 4.79 Å². The molecule has 0 amide bonds. The van der Waals surface area contributed by atoms with E-state index < -0.39 is 0 Å². The lowest BCUT2D eigenvalue weighted by Crippen LogP contribution is -2.30. The van der Waals surface area contributed by atoms with Crippen molar-refractivity contribution in [2.24, 2.45) is 11.7 Å². The first-order valence-electron chi connectivity index (χ1n) is 9.50. The Morgan fingerprint density at radius 3 is 2.78 bits per heavy atom. The topological polar surface area (TPSA) is 70.8 Å². The van der Waals surface area contributed by atoms with Gasteiger partial charge >= 0.3 is 5.97 Å². The summed E-state index contributed by atoms with van der Waals surface area (Å²) in [5, 5.41) is 0. The predicted molar refractivity (Wildman–Crippen MR) is 104 cm³/mol. The van der Waals surface area contributed by atoms with Crippen LogP contribution in [0.3, 0.4) is 0 Å². The number of esters is 1. The molecule has 2 atom stereocenters. The van der Waals surface area contributed by atoms with Gasteiger partial charge in [0.25, 0.3) is 0 Å². The first-order valence-corrected chi connectivity index (χ1v) is 9.50. The number of fused-ring (bicyclic) bond motifs is 1. The van der Waals surface area contributed by atoms with Gasteiger partial charge in [0, 0.05) is 18.0 Å². The number of carbonyl (C=O) groups is 1. The van der Waals surface area contributed by atoms with Crippen molar-refractivity contribution in [1.82, 2.24) is 0 Å². The lowest BCUT2D eigenvalue weighted by molar-refractivity contribution is -0.144. The Bertz CT molecular complexity index is 747. The molecule has 2 unspecified atom stereocenters. The monoisotopic (exact) mass is 369 g/mol. The molecule has 1 aliphatic rings. The fourth-order valence-electron chi connectivity index (χ4n) is 3.56. The molecule has 1 aliphatic heterocycles. The van der Waals surface area contributed by atoms with Gasteiger partial charge in [-0.25, -0.2) is 0 Å². The second-order valence-corrected chi connectivity index (χ2v) is 6.71. The van der Waals surface area contributed by atoms with Gasteiger partial charge < -0.3 is 19.9 Å². The van der Waals surface area contributed by atoms with Crippen molar-refractivity contribution in [2.45, 2.75) is 25.7 Å². The third kappa shape index (κ3) is 5.01. The second-order valence-electron chi connectivity index (χ2n) is 6.71. The van der Waals surface area contributed by atoms with Crippen LogP contribution in [0.1, 0.15) is 30.4 Å². The number of benzene rings is 2. The van der Waals surface area contributed by atoms with Crippen molar-refractivity contribution in [3.63, 3.8) is 0 Å². The molecule has 144 valence electrons. The Morgan fingerprint density at radius 1 is 1.22 bits per heavy atom. The molecule has 0 spiro atoms. The number of carbonyl (C=O) groups excluding carboxylic acids is 1. The van der Waals surface area contributed by atoms with Crippen LogP contribution in [0.15, 0.2) is 48.5 Å². The lowest BCUT2D eigenvalue weighted by Gasteiger charge is -2.33. The molecule has 27 heavy (non-hydrogen) atoms. The summed E-state index contributed by atoms with van der Waals surface area (Å²) in [6, 6.07) is 16.2. The summed E-state index contributed by atoms with van der Waals surface area (Å²) in [5.41, 5.74) is 7.86. The van der Waals surface area contributed by atoms with E-state index in [0.29, 0.717) is 32.8 Å².